The Morgan fingerprint density at radius 1 is 1.03 bits per heavy atom. The van der Waals surface area contributed by atoms with E-state index >= 15 is 0 Å². The van der Waals surface area contributed by atoms with Crippen molar-refractivity contribution in [3.63, 3.8) is 0 Å². The number of nitrogens with one attached hydrogen (secondary N) is 1. The highest BCUT2D eigenvalue weighted by Gasteiger charge is 2.29. The summed E-state index contributed by atoms with van der Waals surface area (Å²) in [5.41, 5.74) is 12.2. The van der Waals surface area contributed by atoms with Crippen molar-refractivity contribution >= 4 is 34.2 Å². The van der Waals surface area contributed by atoms with E-state index in [1.807, 2.05) is 6.07 Å². The Kier molecular flexibility index (Phi) is 6.64. The largest absolute Gasteiger partial charge is 0.478 e. The Bertz CT molecular complexity index is 1630. The maximum absolute atomic E-state index is 11.9. The van der Waals surface area contributed by atoms with Gasteiger partial charge in [0.25, 0.3) is 0 Å². The van der Waals surface area contributed by atoms with E-state index in [-0.39, 0.29) is 0 Å². The Morgan fingerprint density at radius 3 is 2.59 bits per heavy atom. The monoisotopic (exact) mass is 516 g/mol. The van der Waals surface area contributed by atoms with Gasteiger partial charge in [0.1, 0.15) is 0 Å². The van der Waals surface area contributed by atoms with Crippen LogP contribution in [0.2, 0.25) is 0 Å². The van der Waals surface area contributed by atoms with Crippen molar-refractivity contribution in [1.29, 1.82) is 0 Å². The smallest absolute Gasteiger partial charge is 0.335 e. The Morgan fingerprint density at radius 2 is 1.82 bits per heavy atom. The van der Waals surface area contributed by atoms with Crippen LogP contribution in [-0.2, 0) is 6.54 Å². The quantitative estimate of drug-likeness (QED) is 0.261. The first-order chi connectivity index (χ1) is 18.9. The summed E-state index contributed by atoms with van der Waals surface area (Å²) < 4.78 is 2.37. The number of hydrogen-bond donors (Lipinski definition) is 2. The third-order valence-corrected chi connectivity index (χ3v) is 8.66. The average molecular weight is 517 g/mol. The van der Waals surface area contributed by atoms with Crippen LogP contribution in [0.5, 0.6) is 0 Å². The summed E-state index contributed by atoms with van der Waals surface area (Å²) in [6, 6.07) is 18.5. The molecule has 3 aromatic carbocycles. The molecular formula is C35H36N2O2. The number of benzene rings is 3. The van der Waals surface area contributed by atoms with Crippen LogP contribution in [0.3, 0.4) is 0 Å². The summed E-state index contributed by atoms with van der Waals surface area (Å²) in [4.78, 5) is 11.9. The summed E-state index contributed by atoms with van der Waals surface area (Å²) >= 11 is 0. The van der Waals surface area contributed by atoms with Gasteiger partial charge in [0.05, 0.1) is 16.9 Å². The van der Waals surface area contributed by atoms with E-state index in [0.29, 0.717) is 11.5 Å². The summed E-state index contributed by atoms with van der Waals surface area (Å²) in [5.74, 6) is -0.393. The van der Waals surface area contributed by atoms with Crippen molar-refractivity contribution in [2.24, 2.45) is 0 Å². The number of nitrogens with zero attached hydrogens (tertiary/aromatic N) is 1. The Hall–Kier alpha value is -4.05. The number of aromatic nitrogens is 1. The van der Waals surface area contributed by atoms with Crippen molar-refractivity contribution in [2.75, 3.05) is 11.9 Å². The zero-order valence-corrected chi connectivity index (χ0v) is 22.9. The van der Waals surface area contributed by atoms with Crippen LogP contribution in [0.1, 0.15) is 76.2 Å². The molecule has 0 saturated heterocycles. The van der Waals surface area contributed by atoms with Crippen molar-refractivity contribution in [3.05, 3.63) is 101 Å². The minimum atomic E-state index is -0.879. The van der Waals surface area contributed by atoms with Gasteiger partial charge >= 0.3 is 5.97 Å². The van der Waals surface area contributed by atoms with Crippen LogP contribution in [0.4, 0.5) is 5.69 Å². The molecular weight excluding hydrogens is 480 g/mol. The number of rotatable bonds is 5. The molecule has 0 radical (unpaired) electrons. The van der Waals surface area contributed by atoms with Crippen LogP contribution in [0, 0.1) is 13.8 Å². The second-order valence-electron chi connectivity index (χ2n) is 11.1. The fraction of sp³-hybridized carbons (Fsp3) is 0.286. The molecule has 4 aromatic rings. The van der Waals surface area contributed by atoms with Gasteiger partial charge < -0.3 is 15.0 Å². The molecule has 0 amide bonds. The second kappa shape index (κ2) is 10.3. The van der Waals surface area contributed by atoms with Gasteiger partial charge in [-0.1, -0.05) is 80.5 Å². The summed E-state index contributed by atoms with van der Waals surface area (Å²) in [5, 5.41) is 14.7. The summed E-state index contributed by atoms with van der Waals surface area (Å²) in [6.45, 7) is 10.2. The predicted molar refractivity (Wildman–Crippen MR) is 163 cm³/mol. The second-order valence-corrected chi connectivity index (χ2v) is 11.1. The minimum absolute atomic E-state index is 0.345. The topological polar surface area (TPSA) is 54.3 Å². The molecule has 1 aromatic heterocycles. The van der Waals surface area contributed by atoms with Crippen molar-refractivity contribution in [3.8, 4) is 11.3 Å². The first kappa shape index (κ1) is 25.2. The van der Waals surface area contributed by atoms with Gasteiger partial charge in [-0.15, -0.1) is 0 Å². The number of carbonyl (C=O) groups is 1. The fourth-order valence-corrected chi connectivity index (χ4v) is 6.66. The molecule has 1 aliphatic heterocycles. The highest BCUT2D eigenvalue weighted by atomic mass is 16.4. The number of aromatic carboxylic acids is 1. The maximum Gasteiger partial charge on any atom is 0.335 e. The maximum atomic E-state index is 11.9. The number of carboxylic acid groups (broad SMARTS) is 1. The molecule has 0 spiro atoms. The first-order valence-electron chi connectivity index (χ1n) is 14.1. The first-order valence-corrected chi connectivity index (χ1v) is 14.1. The number of hydrogen-bond acceptors (Lipinski definition) is 2. The molecule has 0 atom stereocenters. The molecule has 2 N–H and O–H groups in total. The van der Waals surface area contributed by atoms with Gasteiger partial charge in [0.15, 0.2) is 0 Å². The molecule has 6 rings (SSSR count). The molecule has 0 unspecified atom stereocenters. The number of anilines is 1. The number of aryl methyl sites for hydroxylation is 2. The average Bonchev–Trinajstić information content (AvgIpc) is 3.14. The van der Waals surface area contributed by atoms with Crippen LogP contribution in [0.25, 0.3) is 33.8 Å². The highest BCUT2D eigenvalue weighted by molar-refractivity contribution is 6.00. The molecule has 1 fully saturated rings. The lowest BCUT2D eigenvalue weighted by atomic mass is 9.81. The molecule has 1 saturated carbocycles. The number of allylic oxidation sites excluding steroid dienone is 2. The van der Waals surface area contributed by atoms with Gasteiger partial charge in [-0.3, -0.25) is 0 Å². The van der Waals surface area contributed by atoms with Crippen LogP contribution in [0.15, 0.2) is 67.3 Å². The van der Waals surface area contributed by atoms with Gasteiger partial charge in [0, 0.05) is 35.1 Å². The lowest BCUT2D eigenvalue weighted by molar-refractivity contribution is 0.0697. The van der Waals surface area contributed by atoms with Crippen molar-refractivity contribution < 1.29 is 9.90 Å². The van der Waals surface area contributed by atoms with E-state index < -0.39 is 5.97 Å². The summed E-state index contributed by atoms with van der Waals surface area (Å²) in [6.07, 6.45) is 10.5. The minimum Gasteiger partial charge on any atom is -0.478 e. The molecule has 39 heavy (non-hydrogen) atoms. The van der Waals surface area contributed by atoms with Crippen molar-refractivity contribution in [2.45, 2.75) is 58.4 Å². The van der Waals surface area contributed by atoms with Crippen LogP contribution < -0.4 is 5.32 Å². The summed E-state index contributed by atoms with van der Waals surface area (Å²) in [7, 11) is 0. The number of fused-ring (bicyclic) bond motifs is 5. The molecule has 4 nitrogen and oxygen atoms in total. The molecule has 198 valence electrons. The molecule has 4 heteroatoms. The van der Waals surface area contributed by atoms with Gasteiger partial charge in [-0.05, 0) is 72.6 Å². The lowest BCUT2D eigenvalue weighted by Crippen LogP contribution is -2.08. The van der Waals surface area contributed by atoms with Crippen molar-refractivity contribution in [1.82, 2.24) is 4.57 Å². The predicted octanol–water partition coefficient (Wildman–Crippen LogP) is 8.82. The van der Waals surface area contributed by atoms with E-state index in [4.69, 9.17) is 0 Å². The fourth-order valence-electron chi connectivity index (χ4n) is 6.66. The van der Waals surface area contributed by atoms with Gasteiger partial charge in [-0.2, -0.15) is 0 Å². The van der Waals surface area contributed by atoms with E-state index in [2.05, 4.69) is 84.9 Å². The lowest BCUT2D eigenvalue weighted by Gasteiger charge is -2.24. The van der Waals surface area contributed by atoms with Gasteiger partial charge in [-0.25, -0.2) is 4.79 Å². The zero-order valence-electron chi connectivity index (χ0n) is 22.9. The third kappa shape index (κ3) is 4.48. The van der Waals surface area contributed by atoms with Gasteiger partial charge in [0.2, 0.25) is 0 Å². The standard InChI is InChI=1S/C35H36N2O2/c1-22-9-7-8-12-27(22)23(2)13-16-28-24(3)14-17-30-33(28)36-19-20-37-31-21-26(35(38)39)15-18-29(31)32(34(30)37)25-10-5-4-6-11-25/h7-9,12-18,21,25,36H,2,4-6,10-11,19-20H2,1,3H3,(H,38,39)/b16-13-. The van der Waals surface area contributed by atoms with E-state index in [1.54, 1.807) is 6.07 Å². The Balaban J connectivity index is 1.54. The third-order valence-electron chi connectivity index (χ3n) is 8.66. The normalized spacial score (nSPS) is 15.5. The van der Waals surface area contributed by atoms with E-state index in [0.717, 1.165) is 35.4 Å². The van der Waals surface area contributed by atoms with E-state index in [1.165, 1.54) is 71.0 Å². The number of carboxylic acids is 1. The van der Waals surface area contributed by atoms with E-state index in [9.17, 15) is 9.90 Å². The highest BCUT2D eigenvalue weighted by Crippen LogP contribution is 2.47. The zero-order chi connectivity index (χ0) is 27.1. The Labute approximate surface area is 230 Å². The molecule has 0 bridgehead atoms. The van der Waals surface area contributed by atoms with Crippen LogP contribution in [-0.4, -0.2) is 22.2 Å². The SMILES string of the molecule is C=C(/C=C\c1c(C)ccc2c1NCCn1c-2c(C2CCCCC2)c2ccc(C(=O)O)cc21)c1ccccc1C. The molecule has 1 aliphatic carbocycles. The molecule has 2 heterocycles. The molecule has 2 aliphatic rings. The van der Waals surface area contributed by atoms with Crippen LogP contribution >= 0.6 is 0 Å².